The van der Waals surface area contributed by atoms with E-state index in [1.807, 2.05) is 0 Å². The third-order valence-corrected chi connectivity index (χ3v) is 2.54. The number of rotatable bonds is 3. The SMILES string of the molecule is O=Cc1cc(Br)c(OC(F)F)c(Br)c1. The van der Waals surface area contributed by atoms with Gasteiger partial charge in [-0.1, -0.05) is 0 Å². The van der Waals surface area contributed by atoms with Crippen LogP contribution in [0.1, 0.15) is 10.4 Å². The molecule has 1 aromatic carbocycles. The van der Waals surface area contributed by atoms with Crippen LogP contribution in [0.4, 0.5) is 8.78 Å². The van der Waals surface area contributed by atoms with E-state index in [4.69, 9.17) is 0 Å². The molecule has 6 heteroatoms. The van der Waals surface area contributed by atoms with E-state index in [0.29, 0.717) is 20.8 Å². The summed E-state index contributed by atoms with van der Waals surface area (Å²) in [5.41, 5.74) is 0.366. The zero-order chi connectivity index (χ0) is 10.7. The molecular formula is C8H4Br2F2O2. The van der Waals surface area contributed by atoms with E-state index in [1.165, 1.54) is 12.1 Å². The molecule has 0 saturated heterocycles. The lowest BCUT2D eigenvalue weighted by molar-refractivity contribution is -0.0508. The van der Waals surface area contributed by atoms with Gasteiger partial charge in [0.25, 0.3) is 0 Å². The lowest BCUT2D eigenvalue weighted by Gasteiger charge is -2.09. The Kier molecular flexibility index (Phi) is 4.00. The smallest absolute Gasteiger partial charge is 0.387 e. The van der Waals surface area contributed by atoms with Gasteiger partial charge in [-0.2, -0.15) is 8.78 Å². The fourth-order valence-electron chi connectivity index (χ4n) is 0.849. The van der Waals surface area contributed by atoms with Crippen molar-refractivity contribution in [1.82, 2.24) is 0 Å². The predicted octanol–water partition coefficient (Wildman–Crippen LogP) is 3.63. The molecule has 0 aliphatic heterocycles. The van der Waals surface area contributed by atoms with Gasteiger partial charge in [-0.25, -0.2) is 0 Å². The van der Waals surface area contributed by atoms with E-state index in [-0.39, 0.29) is 5.75 Å². The van der Waals surface area contributed by atoms with Gasteiger partial charge in [-0.3, -0.25) is 4.79 Å². The van der Waals surface area contributed by atoms with Gasteiger partial charge in [0.1, 0.15) is 6.29 Å². The van der Waals surface area contributed by atoms with Crippen LogP contribution in [-0.4, -0.2) is 12.9 Å². The summed E-state index contributed by atoms with van der Waals surface area (Å²) >= 11 is 6.04. The third kappa shape index (κ3) is 2.75. The molecule has 0 heterocycles. The number of carbonyl (C=O) groups is 1. The lowest BCUT2D eigenvalue weighted by atomic mass is 10.2. The van der Waals surface area contributed by atoms with Crippen LogP contribution in [0, 0.1) is 0 Å². The first-order valence-electron chi connectivity index (χ1n) is 3.43. The molecule has 0 amide bonds. The normalized spacial score (nSPS) is 10.4. The van der Waals surface area contributed by atoms with Crippen LogP contribution in [0.2, 0.25) is 0 Å². The van der Waals surface area contributed by atoms with E-state index in [9.17, 15) is 13.6 Å². The van der Waals surface area contributed by atoms with Crippen molar-refractivity contribution < 1.29 is 18.3 Å². The summed E-state index contributed by atoms with van der Waals surface area (Å²) in [6.45, 7) is -2.90. The molecule has 0 aromatic heterocycles. The maximum atomic E-state index is 11.9. The lowest BCUT2D eigenvalue weighted by Crippen LogP contribution is -2.03. The maximum Gasteiger partial charge on any atom is 0.387 e. The average Bonchev–Trinajstić information content (AvgIpc) is 2.10. The van der Waals surface area contributed by atoms with Crippen LogP contribution in [0.5, 0.6) is 5.75 Å². The van der Waals surface area contributed by atoms with Crippen LogP contribution < -0.4 is 4.74 Å². The number of carbonyl (C=O) groups excluding carboxylic acids is 1. The highest BCUT2D eigenvalue weighted by atomic mass is 79.9. The van der Waals surface area contributed by atoms with Crippen molar-refractivity contribution in [2.24, 2.45) is 0 Å². The molecule has 0 atom stereocenters. The summed E-state index contributed by atoms with van der Waals surface area (Å²) in [4.78, 5) is 10.4. The van der Waals surface area contributed by atoms with Gasteiger partial charge < -0.3 is 4.74 Å². The van der Waals surface area contributed by atoms with Gasteiger partial charge in [-0.15, -0.1) is 0 Å². The molecule has 0 bridgehead atoms. The Hall–Kier alpha value is -0.490. The van der Waals surface area contributed by atoms with Crippen molar-refractivity contribution in [1.29, 1.82) is 0 Å². The second-order valence-corrected chi connectivity index (χ2v) is 4.02. The van der Waals surface area contributed by atoms with Crippen LogP contribution >= 0.6 is 31.9 Å². The zero-order valence-electron chi connectivity index (χ0n) is 6.64. The Morgan fingerprint density at radius 1 is 1.29 bits per heavy atom. The Labute approximate surface area is 95.5 Å². The van der Waals surface area contributed by atoms with E-state index in [0.717, 1.165) is 0 Å². The third-order valence-electron chi connectivity index (χ3n) is 1.36. The summed E-state index contributed by atoms with van der Waals surface area (Å²) in [7, 11) is 0. The Balaban J connectivity index is 3.11. The predicted molar refractivity (Wildman–Crippen MR) is 53.9 cm³/mol. The van der Waals surface area contributed by atoms with E-state index in [1.54, 1.807) is 0 Å². The van der Waals surface area contributed by atoms with Crippen molar-refractivity contribution in [3.05, 3.63) is 26.6 Å². The molecular weight excluding hydrogens is 326 g/mol. The molecule has 0 radical (unpaired) electrons. The molecule has 2 nitrogen and oxygen atoms in total. The van der Waals surface area contributed by atoms with E-state index >= 15 is 0 Å². The van der Waals surface area contributed by atoms with Crippen molar-refractivity contribution in [3.63, 3.8) is 0 Å². The quantitative estimate of drug-likeness (QED) is 0.792. The monoisotopic (exact) mass is 328 g/mol. The van der Waals surface area contributed by atoms with Crippen molar-refractivity contribution in [3.8, 4) is 5.75 Å². The highest BCUT2D eigenvalue weighted by molar-refractivity contribution is 9.11. The molecule has 76 valence electrons. The molecule has 1 rings (SSSR count). The fraction of sp³-hybridized carbons (Fsp3) is 0.125. The number of hydrogen-bond acceptors (Lipinski definition) is 2. The standard InChI is InChI=1S/C8H4Br2F2O2/c9-5-1-4(3-13)2-6(10)7(5)14-8(11)12/h1-3,8H. The van der Waals surface area contributed by atoms with Gasteiger partial charge in [0, 0.05) is 5.56 Å². The van der Waals surface area contributed by atoms with Gasteiger partial charge >= 0.3 is 6.61 Å². The van der Waals surface area contributed by atoms with Gasteiger partial charge in [0.2, 0.25) is 0 Å². The molecule has 1 aromatic rings. The molecule has 0 aliphatic carbocycles. The second kappa shape index (κ2) is 4.84. The number of alkyl halides is 2. The molecule has 0 aliphatic rings. The fourth-order valence-corrected chi connectivity index (χ4v) is 2.26. The largest absolute Gasteiger partial charge is 0.432 e. The summed E-state index contributed by atoms with van der Waals surface area (Å²) in [6, 6.07) is 2.80. The van der Waals surface area contributed by atoms with Crippen LogP contribution in [0.25, 0.3) is 0 Å². The van der Waals surface area contributed by atoms with Gasteiger partial charge in [-0.05, 0) is 44.0 Å². The Bertz CT molecular complexity index is 332. The number of halogens is 4. The summed E-state index contributed by atoms with van der Waals surface area (Å²) in [6.07, 6.45) is 0.613. The summed E-state index contributed by atoms with van der Waals surface area (Å²) in [5, 5.41) is 0. The Morgan fingerprint density at radius 3 is 2.14 bits per heavy atom. The minimum absolute atomic E-state index is 0.0226. The number of ether oxygens (including phenoxy) is 1. The average molecular weight is 330 g/mol. The molecule has 14 heavy (non-hydrogen) atoms. The van der Waals surface area contributed by atoms with Crippen LogP contribution in [0.3, 0.4) is 0 Å². The van der Waals surface area contributed by atoms with E-state index in [2.05, 4.69) is 36.6 Å². The minimum atomic E-state index is -2.90. The van der Waals surface area contributed by atoms with Gasteiger partial charge in [0.05, 0.1) is 8.95 Å². The van der Waals surface area contributed by atoms with E-state index < -0.39 is 6.61 Å². The first-order chi connectivity index (χ1) is 6.54. The van der Waals surface area contributed by atoms with Gasteiger partial charge in [0.15, 0.2) is 5.75 Å². The first-order valence-corrected chi connectivity index (χ1v) is 5.02. The molecule has 0 unspecified atom stereocenters. The number of benzene rings is 1. The summed E-state index contributed by atoms with van der Waals surface area (Å²) < 4.78 is 28.7. The number of aldehydes is 1. The highest BCUT2D eigenvalue weighted by Gasteiger charge is 2.13. The van der Waals surface area contributed by atoms with Crippen molar-refractivity contribution >= 4 is 38.1 Å². The molecule has 0 fully saturated rings. The van der Waals surface area contributed by atoms with Crippen LogP contribution in [-0.2, 0) is 0 Å². The topological polar surface area (TPSA) is 26.3 Å². The molecule has 0 saturated carbocycles. The van der Waals surface area contributed by atoms with Crippen LogP contribution in [0.15, 0.2) is 21.1 Å². The highest BCUT2D eigenvalue weighted by Crippen LogP contribution is 2.35. The number of hydrogen-bond donors (Lipinski definition) is 0. The second-order valence-electron chi connectivity index (χ2n) is 2.31. The summed E-state index contributed by atoms with van der Waals surface area (Å²) in [5.74, 6) is -0.0226. The Morgan fingerprint density at radius 2 is 1.79 bits per heavy atom. The zero-order valence-corrected chi connectivity index (χ0v) is 9.81. The maximum absolute atomic E-state index is 11.9. The van der Waals surface area contributed by atoms with Crippen molar-refractivity contribution in [2.75, 3.05) is 0 Å². The first kappa shape index (κ1) is 11.6. The van der Waals surface area contributed by atoms with Crippen molar-refractivity contribution in [2.45, 2.75) is 6.61 Å². The minimum Gasteiger partial charge on any atom is -0.432 e. The molecule has 0 spiro atoms. The molecule has 0 N–H and O–H groups in total.